The third-order valence-corrected chi connectivity index (χ3v) is 3.16. The van der Waals surface area contributed by atoms with Crippen molar-refractivity contribution in [1.82, 2.24) is 4.90 Å². The monoisotopic (exact) mass is 301 g/mol. The average Bonchev–Trinajstić information content (AvgIpc) is 2.27. The third kappa shape index (κ3) is 5.40. The van der Waals surface area contributed by atoms with E-state index >= 15 is 0 Å². The Kier molecular flexibility index (Phi) is 5.07. The maximum Gasteiger partial charge on any atom is 0.406 e. The van der Waals surface area contributed by atoms with E-state index in [2.05, 4.69) is 0 Å². The summed E-state index contributed by atoms with van der Waals surface area (Å²) in [5.41, 5.74) is 1.55. The highest BCUT2D eigenvalue weighted by Crippen LogP contribution is 2.24. The molecule has 21 heavy (non-hydrogen) atoms. The zero-order valence-electron chi connectivity index (χ0n) is 13.1. The number of alkyl halides is 3. The molecule has 0 fully saturated rings. The molecule has 1 aromatic rings. The number of rotatable bonds is 3. The van der Waals surface area contributed by atoms with Crippen molar-refractivity contribution in [2.75, 3.05) is 13.1 Å². The SMILES string of the molecule is Cc1cccc(C(=O)N(CC(C)(C)C)CC(F)(F)F)c1C. The van der Waals surface area contributed by atoms with Crippen LogP contribution < -0.4 is 0 Å². The number of benzene rings is 1. The molecular weight excluding hydrogens is 279 g/mol. The minimum Gasteiger partial charge on any atom is -0.329 e. The van der Waals surface area contributed by atoms with E-state index in [1.807, 2.05) is 33.8 Å². The molecule has 1 rings (SSSR count). The van der Waals surface area contributed by atoms with Crippen LogP contribution in [0.4, 0.5) is 13.2 Å². The van der Waals surface area contributed by atoms with E-state index in [4.69, 9.17) is 0 Å². The van der Waals surface area contributed by atoms with Crippen LogP contribution in [0.1, 0.15) is 42.3 Å². The summed E-state index contributed by atoms with van der Waals surface area (Å²) < 4.78 is 38.2. The lowest BCUT2D eigenvalue weighted by Crippen LogP contribution is -2.43. The van der Waals surface area contributed by atoms with Gasteiger partial charge in [-0.15, -0.1) is 0 Å². The first-order valence-corrected chi connectivity index (χ1v) is 6.83. The van der Waals surface area contributed by atoms with Gasteiger partial charge >= 0.3 is 6.18 Å². The fourth-order valence-corrected chi connectivity index (χ4v) is 2.14. The van der Waals surface area contributed by atoms with Crippen LogP contribution in [-0.2, 0) is 0 Å². The van der Waals surface area contributed by atoms with Gasteiger partial charge in [0.1, 0.15) is 6.54 Å². The van der Waals surface area contributed by atoms with Crippen LogP contribution in [0.2, 0.25) is 0 Å². The Bertz CT molecular complexity index is 499. The topological polar surface area (TPSA) is 20.3 Å². The number of hydrogen-bond donors (Lipinski definition) is 0. The van der Waals surface area contributed by atoms with E-state index < -0.39 is 24.0 Å². The highest BCUT2D eigenvalue weighted by molar-refractivity contribution is 5.96. The number of hydrogen-bond acceptors (Lipinski definition) is 1. The molecular formula is C16H22F3NO. The Morgan fingerprint density at radius 2 is 1.67 bits per heavy atom. The van der Waals surface area contributed by atoms with E-state index in [1.165, 1.54) is 0 Å². The van der Waals surface area contributed by atoms with Crippen LogP contribution in [0.5, 0.6) is 0 Å². The largest absolute Gasteiger partial charge is 0.406 e. The second kappa shape index (κ2) is 6.08. The molecule has 0 aliphatic heterocycles. The standard InChI is InChI=1S/C16H22F3NO/c1-11-7-6-8-13(12(11)2)14(21)20(9-15(3,4)5)10-16(17,18)19/h6-8H,9-10H2,1-5H3. The van der Waals surface area contributed by atoms with Gasteiger partial charge in [0.25, 0.3) is 5.91 Å². The minimum atomic E-state index is -4.40. The number of aryl methyl sites for hydroxylation is 1. The molecule has 0 aliphatic carbocycles. The molecule has 0 atom stereocenters. The van der Waals surface area contributed by atoms with Crippen LogP contribution in [0.3, 0.4) is 0 Å². The number of carbonyl (C=O) groups excluding carboxylic acids is 1. The molecule has 2 nitrogen and oxygen atoms in total. The molecule has 0 aromatic heterocycles. The lowest BCUT2D eigenvalue weighted by Gasteiger charge is -2.31. The molecule has 0 saturated heterocycles. The lowest BCUT2D eigenvalue weighted by atomic mass is 9.95. The summed E-state index contributed by atoms with van der Waals surface area (Å²) >= 11 is 0. The summed E-state index contributed by atoms with van der Waals surface area (Å²) in [6.07, 6.45) is -4.40. The summed E-state index contributed by atoms with van der Waals surface area (Å²) in [7, 11) is 0. The molecule has 0 saturated carbocycles. The summed E-state index contributed by atoms with van der Waals surface area (Å²) in [5, 5.41) is 0. The smallest absolute Gasteiger partial charge is 0.329 e. The zero-order valence-corrected chi connectivity index (χ0v) is 13.1. The van der Waals surface area contributed by atoms with Gasteiger partial charge in [0.2, 0.25) is 0 Å². The van der Waals surface area contributed by atoms with E-state index in [-0.39, 0.29) is 6.54 Å². The van der Waals surface area contributed by atoms with Gasteiger partial charge in [-0.05, 0) is 36.5 Å². The van der Waals surface area contributed by atoms with Crippen molar-refractivity contribution in [3.63, 3.8) is 0 Å². The quantitative estimate of drug-likeness (QED) is 0.812. The fraction of sp³-hybridized carbons (Fsp3) is 0.562. The Labute approximate surface area is 123 Å². The molecule has 1 amide bonds. The van der Waals surface area contributed by atoms with Crippen LogP contribution in [-0.4, -0.2) is 30.1 Å². The van der Waals surface area contributed by atoms with Crippen molar-refractivity contribution in [3.8, 4) is 0 Å². The average molecular weight is 301 g/mol. The van der Waals surface area contributed by atoms with Crippen LogP contribution in [0, 0.1) is 19.3 Å². The maximum absolute atomic E-state index is 12.7. The van der Waals surface area contributed by atoms with E-state index in [0.717, 1.165) is 16.0 Å². The molecule has 1 aromatic carbocycles. The fourth-order valence-electron chi connectivity index (χ4n) is 2.14. The second-order valence-electron chi connectivity index (χ2n) is 6.58. The molecule has 5 heteroatoms. The Balaban J connectivity index is 3.13. The molecule has 0 unspecified atom stereocenters. The first-order valence-electron chi connectivity index (χ1n) is 6.83. The van der Waals surface area contributed by atoms with Gasteiger partial charge in [0, 0.05) is 12.1 Å². The summed E-state index contributed by atoms with van der Waals surface area (Å²) in [6.45, 7) is 7.86. The Hall–Kier alpha value is -1.52. The number of halogens is 3. The molecule has 0 N–H and O–H groups in total. The second-order valence-corrected chi connectivity index (χ2v) is 6.58. The highest BCUT2D eigenvalue weighted by Gasteiger charge is 2.35. The molecule has 0 heterocycles. The summed E-state index contributed by atoms with van der Waals surface area (Å²) in [6, 6.07) is 5.11. The van der Waals surface area contributed by atoms with Crippen molar-refractivity contribution in [3.05, 3.63) is 34.9 Å². The molecule has 0 aliphatic rings. The van der Waals surface area contributed by atoms with E-state index in [9.17, 15) is 18.0 Å². The van der Waals surface area contributed by atoms with Crippen molar-refractivity contribution in [2.24, 2.45) is 5.41 Å². The van der Waals surface area contributed by atoms with Crippen molar-refractivity contribution in [1.29, 1.82) is 0 Å². The van der Waals surface area contributed by atoms with Gasteiger partial charge in [0.05, 0.1) is 0 Å². The van der Waals surface area contributed by atoms with Crippen LogP contribution >= 0.6 is 0 Å². The first-order chi connectivity index (χ1) is 9.41. The number of nitrogens with zero attached hydrogens (tertiary/aromatic N) is 1. The number of carbonyl (C=O) groups is 1. The Morgan fingerprint density at radius 3 is 2.14 bits per heavy atom. The van der Waals surface area contributed by atoms with Gasteiger partial charge in [-0.1, -0.05) is 32.9 Å². The zero-order chi connectivity index (χ0) is 16.4. The van der Waals surface area contributed by atoms with E-state index in [0.29, 0.717) is 5.56 Å². The van der Waals surface area contributed by atoms with Crippen molar-refractivity contribution >= 4 is 5.91 Å². The summed E-state index contributed by atoms with van der Waals surface area (Å²) in [4.78, 5) is 13.4. The van der Waals surface area contributed by atoms with E-state index in [1.54, 1.807) is 19.1 Å². The van der Waals surface area contributed by atoms with Gasteiger partial charge in [-0.2, -0.15) is 13.2 Å². The molecule has 0 bridgehead atoms. The normalized spacial score (nSPS) is 12.4. The third-order valence-electron chi connectivity index (χ3n) is 3.16. The minimum absolute atomic E-state index is 0.0543. The van der Waals surface area contributed by atoms with Gasteiger partial charge in [-0.25, -0.2) is 0 Å². The first kappa shape index (κ1) is 17.5. The predicted octanol–water partition coefficient (Wildman–Crippen LogP) is 4.35. The lowest BCUT2D eigenvalue weighted by molar-refractivity contribution is -0.142. The van der Waals surface area contributed by atoms with Crippen LogP contribution in [0.15, 0.2) is 18.2 Å². The molecule has 0 radical (unpaired) electrons. The Morgan fingerprint density at radius 1 is 1.10 bits per heavy atom. The van der Waals surface area contributed by atoms with Crippen LogP contribution in [0.25, 0.3) is 0 Å². The maximum atomic E-state index is 12.7. The highest BCUT2D eigenvalue weighted by atomic mass is 19.4. The van der Waals surface area contributed by atoms with Crippen molar-refractivity contribution < 1.29 is 18.0 Å². The van der Waals surface area contributed by atoms with Crippen molar-refractivity contribution in [2.45, 2.75) is 40.8 Å². The van der Waals surface area contributed by atoms with Gasteiger partial charge in [-0.3, -0.25) is 4.79 Å². The number of amides is 1. The molecule has 118 valence electrons. The predicted molar refractivity (Wildman–Crippen MR) is 77.3 cm³/mol. The van der Waals surface area contributed by atoms with Gasteiger partial charge in [0.15, 0.2) is 0 Å². The van der Waals surface area contributed by atoms with Gasteiger partial charge < -0.3 is 4.90 Å². The summed E-state index contributed by atoms with van der Waals surface area (Å²) in [5.74, 6) is -0.566. The molecule has 0 spiro atoms.